The standard InChI is InChI=1S/C12H9Cl2NO2/c13-9-3-1-2-8(12(9)14)7-4-5-11(17)15-10(7)6-16/h1-5,16H,6H2,(H,15,17). The molecule has 1 aromatic carbocycles. The second kappa shape index (κ2) is 4.92. The first kappa shape index (κ1) is 12.2. The van der Waals surface area contributed by atoms with Crippen molar-refractivity contribution in [3.05, 3.63) is 56.4 Å². The van der Waals surface area contributed by atoms with Crippen molar-refractivity contribution in [2.75, 3.05) is 0 Å². The monoisotopic (exact) mass is 269 g/mol. The lowest BCUT2D eigenvalue weighted by Gasteiger charge is -2.09. The van der Waals surface area contributed by atoms with E-state index in [2.05, 4.69) is 4.98 Å². The van der Waals surface area contributed by atoms with Gasteiger partial charge in [0.25, 0.3) is 0 Å². The average molecular weight is 270 g/mol. The number of H-pyrrole nitrogens is 1. The van der Waals surface area contributed by atoms with Crippen LogP contribution >= 0.6 is 23.2 Å². The molecule has 2 N–H and O–H groups in total. The fourth-order valence-electron chi connectivity index (χ4n) is 1.61. The number of rotatable bonds is 2. The van der Waals surface area contributed by atoms with E-state index in [9.17, 15) is 9.90 Å². The lowest BCUT2D eigenvalue weighted by atomic mass is 10.0. The maximum Gasteiger partial charge on any atom is 0.248 e. The Morgan fingerprint density at radius 3 is 2.59 bits per heavy atom. The molecule has 0 aliphatic rings. The number of halogens is 2. The van der Waals surface area contributed by atoms with E-state index >= 15 is 0 Å². The van der Waals surface area contributed by atoms with Crippen LogP contribution in [0.3, 0.4) is 0 Å². The van der Waals surface area contributed by atoms with Crippen molar-refractivity contribution in [1.29, 1.82) is 0 Å². The van der Waals surface area contributed by atoms with Gasteiger partial charge >= 0.3 is 0 Å². The SMILES string of the molecule is O=c1ccc(-c2cccc(Cl)c2Cl)c(CO)[nH]1. The normalized spacial score (nSPS) is 10.5. The maximum atomic E-state index is 11.2. The minimum absolute atomic E-state index is 0.268. The second-order valence-electron chi connectivity index (χ2n) is 3.47. The molecule has 0 amide bonds. The van der Waals surface area contributed by atoms with Crippen molar-refractivity contribution in [3.63, 3.8) is 0 Å². The zero-order valence-electron chi connectivity index (χ0n) is 8.71. The zero-order valence-corrected chi connectivity index (χ0v) is 10.2. The number of benzene rings is 1. The minimum atomic E-state index is -0.270. The summed E-state index contributed by atoms with van der Waals surface area (Å²) in [5, 5.41) is 10.0. The van der Waals surface area contributed by atoms with Crippen LogP contribution in [0.5, 0.6) is 0 Å². The van der Waals surface area contributed by atoms with Crippen LogP contribution in [-0.4, -0.2) is 10.1 Å². The van der Waals surface area contributed by atoms with Gasteiger partial charge in [-0.2, -0.15) is 0 Å². The van der Waals surface area contributed by atoms with Gasteiger partial charge in [0, 0.05) is 17.2 Å². The van der Waals surface area contributed by atoms with E-state index in [4.69, 9.17) is 23.2 Å². The third kappa shape index (κ3) is 2.36. The summed E-state index contributed by atoms with van der Waals surface area (Å²) in [5.41, 5.74) is 1.50. The molecule has 1 heterocycles. The van der Waals surface area contributed by atoms with Crippen molar-refractivity contribution >= 4 is 23.2 Å². The van der Waals surface area contributed by atoms with Gasteiger partial charge in [0.15, 0.2) is 0 Å². The maximum absolute atomic E-state index is 11.2. The van der Waals surface area contributed by atoms with Gasteiger partial charge in [-0.15, -0.1) is 0 Å². The average Bonchev–Trinajstić information content (AvgIpc) is 2.33. The molecule has 2 aromatic rings. The van der Waals surface area contributed by atoms with Gasteiger partial charge in [-0.05, 0) is 12.1 Å². The molecule has 0 spiro atoms. The van der Waals surface area contributed by atoms with Gasteiger partial charge in [0.2, 0.25) is 5.56 Å². The Morgan fingerprint density at radius 2 is 1.88 bits per heavy atom. The zero-order chi connectivity index (χ0) is 12.4. The Morgan fingerprint density at radius 1 is 1.12 bits per heavy atom. The number of aliphatic hydroxyl groups is 1. The Labute approximate surface area is 108 Å². The number of nitrogens with one attached hydrogen (secondary N) is 1. The van der Waals surface area contributed by atoms with Crippen LogP contribution in [0, 0.1) is 0 Å². The van der Waals surface area contributed by atoms with Crippen LogP contribution in [0.25, 0.3) is 11.1 Å². The fourth-order valence-corrected chi connectivity index (χ4v) is 2.01. The highest BCUT2D eigenvalue weighted by Gasteiger charge is 2.10. The molecule has 5 heteroatoms. The Kier molecular flexibility index (Phi) is 3.52. The van der Waals surface area contributed by atoms with E-state index in [0.29, 0.717) is 26.9 Å². The minimum Gasteiger partial charge on any atom is -0.390 e. The molecule has 3 nitrogen and oxygen atoms in total. The molecule has 0 bridgehead atoms. The molecule has 1 aromatic heterocycles. The van der Waals surface area contributed by atoms with Gasteiger partial charge in [0.05, 0.1) is 22.3 Å². The first-order chi connectivity index (χ1) is 8.13. The number of aromatic amines is 1. The Bertz CT molecular complexity index is 608. The number of hydrogen-bond acceptors (Lipinski definition) is 2. The first-order valence-corrected chi connectivity index (χ1v) is 5.66. The molecule has 0 fully saturated rings. The molecular formula is C12H9Cl2NO2. The van der Waals surface area contributed by atoms with E-state index in [1.165, 1.54) is 6.07 Å². The molecule has 88 valence electrons. The number of aliphatic hydroxyl groups excluding tert-OH is 1. The fraction of sp³-hybridized carbons (Fsp3) is 0.0833. The summed E-state index contributed by atoms with van der Waals surface area (Å²) >= 11 is 12.0. The van der Waals surface area contributed by atoms with Gasteiger partial charge in [-0.25, -0.2) is 0 Å². The number of aromatic nitrogens is 1. The quantitative estimate of drug-likeness (QED) is 0.881. The summed E-state index contributed by atoms with van der Waals surface area (Å²) in [6, 6.07) is 8.21. The molecule has 2 rings (SSSR count). The summed E-state index contributed by atoms with van der Waals surface area (Å²) in [6.45, 7) is -0.270. The van der Waals surface area contributed by atoms with E-state index in [1.54, 1.807) is 24.3 Å². The van der Waals surface area contributed by atoms with Crippen molar-refractivity contribution in [2.45, 2.75) is 6.61 Å². The predicted octanol–water partition coefficient (Wildman–Crippen LogP) is 2.84. The third-order valence-electron chi connectivity index (χ3n) is 2.40. The first-order valence-electron chi connectivity index (χ1n) is 4.91. The highest BCUT2D eigenvalue weighted by atomic mass is 35.5. The predicted molar refractivity (Wildman–Crippen MR) is 68.4 cm³/mol. The Hall–Kier alpha value is -1.29. The highest BCUT2D eigenvalue weighted by Crippen LogP contribution is 2.34. The number of pyridine rings is 1. The molecule has 17 heavy (non-hydrogen) atoms. The van der Waals surface area contributed by atoms with E-state index in [-0.39, 0.29) is 12.2 Å². The smallest absolute Gasteiger partial charge is 0.248 e. The molecule has 0 aliphatic heterocycles. The summed E-state index contributed by atoms with van der Waals surface area (Å²) in [7, 11) is 0. The van der Waals surface area contributed by atoms with Crippen molar-refractivity contribution in [2.24, 2.45) is 0 Å². The molecule has 0 atom stereocenters. The largest absolute Gasteiger partial charge is 0.390 e. The van der Waals surface area contributed by atoms with Gasteiger partial charge in [0.1, 0.15) is 0 Å². The van der Waals surface area contributed by atoms with Crippen molar-refractivity contribution in [3.8, 4) is 11.1 Å². The van der Waals surface area contributed by atoms with Crippen LogP contribution in [0.2, 0.25) is 10.0 Å². The lowest BCUT2D eigenvalue weighted by Crippen LogP contribution is -2.08. The molecule has 0 aliphatic carbocycles. The van der Waals surface area contributed by atoms with Crippen molar-refractivity contribution < 1.29 is 5.11 Å². The van der Waals surface area contributed by atoms with Crippen LogP contribution in [-0.2, 0) is 6.61 Å². The van der Waals surface area contributed by atoms with Crippen LogP contribution in [0.15, 0.2) is 35.1 Å². The lowest BCUT2D eigenvalue weighted by molar-refractivity contribution is 0.277. The molecule has 0 radical (unpaired) electrons. The molecular weight excluding hydrogens is 261 g/mol. The van der Waals surface area contributed by atoms with Crippen molar-refractivity contribution in [1.82, 2.24) is 4.98 Å². The summed E-state index contributed by atoms with van der Waals surface area (Å²) in [4.78, 5) is 13.7. The van der Waals surface area contributed by atoms with E-state index < -0.39 is 0 Å². The molecule has 0 unspecified atom stereocenters. The van der Waals surface area contributed by atoms with Crippen LogP contribution in [0.4, 0.5) is 0 Å². The molecule has 0 saturated carbocycles. The topological polar surface area (TPSA) is 53.1 Å². The summed E-state index contributed by atoms with van der Waals surface area (Å²) < 4.78 is 0. The van der Waals surface area contributed by atoms with Gasteiger partial charge < -0.3 is 10.1 Å². The second-order valence-corrected chi connectivity index (χ2v) is 4.26. The summed E-state index contributed by atoms with van der Waals surface area (Å²) in [5.74, 6) is 0. The van der Waals surface area contributed by atoms with Gasteiger partial charge in [-0.3, -0.25) is 4.79 Å². The van der Waals surface area contributed by atoms with Crippen LogP contribution < -0.4 is 5.56 Å². The molecule has 0 saturated heterocycles. The van der Waals surface area contributed by atoms with E-state index in [1.807, 2.05) is 0 Å². The Balaban J connectivity index is 2.68. The number of hydrogen-bond donors (Lipinski definition) is 2. The summed E-state index contributed by atoms with van der Waals surface area (Å²) in [6.07, 6.45) is 0. The third-order valence-corrected chi connectivity index (χ3v) is 3.22. The van der Waals surface area contributed by atoms with Crippen LogP contribution in [0.1, 0.15) is 5.69 Å². The highest BCUT2D eigenvalue weighted by molar-refractivity contribution is 6.43. The van der Waals surface area contributed by atoms with E-state index in [0.717, 1.165) is 0 Å². The van der Waals surface area contributed by atoms with Gasteiger partial charge in [-0.1, -0.05) is 35.3 Å².